The van der Waals surface area contributed by atoms with E-state index in [9.17, 15) is 4.79 Å². The molecule has 2 rings (SSSR count). The van der Waals surface area contributed by atoms with E-state index in [-0.39, 0.29) is 12.3 Å². The fraction of sp³-hybridized carbons (Fsp3) is 0.429. The fourth-order valence-electron chi connectivity index (χ4n) is 2.08. The Bertz CT molecular complexity index is 493. The van der Waals surface area contributed by atoms with Crippen LogP contribution in [-0.4, -0.2) is 23.6 Å². The lowest BCUT2D eigenvalue weighted by atomic mass is 10.1. The average molecular weight is 260 g/mol. The van der Waals surface area contributed by atoms with Gasteiger partial charge < -0.3 is 4.90 Å². The van der Waals surface area contributed by atoms with Crippen LogP contribution in [0, 0.1) is 11.3 Å². The number of thioether (sulfide) groups is 1. The molecule has 0 atom stereocenters. The molecule has 0 unspecified atom stereocenters. The molecule has 0 aliphatic carbocycles. The minimum atomic E-state index is -0.121. The van der Waals surface area contributed by atoms with Crippen molar-refractivity contribution in [2.75, 3.05) is 12.8 Å². The molecule has 1 heterocycles. The van der Waals surface area contributed by atoms with Crippen LogP contribution in [0.5, 0.6) is 0 Å². The molecule has 94 valence electrons. The van der Waals surface area contributed by atoms with Gasteiger partial charge >= 0.3 is 0 Å². The van der Waals surface area contributed by atoms with Gasteiger partial charge in [-0.05, 0) is 35.8 Å². The number of nitrogens with zero attached hydrogens (tertiary/aromatic N) is 2. The zero-order valence-corrected chi connectivity index (χ0v) is 11.3. The molecule has 0 N–H and O–H groups in total. The molecule has 1 aromatic rings. The van der Waals surface area contributed by atoms with Crippen LogP contribution in [0.4, 0.5) is 0 Å². The van der Waals surface area contributed by atoms with Gasteiger partial charge in [0.15, 0.2) is 0 Å². The van der Waals surface area contributed by atoms with Crippen LogP contribution in [0.25, 0.3) is 0 Å². The van der Waals surface area contributed by atoms with Gasteiger partial charge in [0, 0.05) is 18.5 Å². The zero-order chi connectivity index (χ0) is 13.0. The molecule has 1 amide bonds. The molecule has 0 spiro atoms. The van der Waals surface area contributed by atoms with Crippen LogP contribution < -0.4 is 0 Å². The summed E-state index contributed by atoms with van der Waals surface area (Å²) in [5, 5.41) is 8.51. The van der Waals surface area contributed by atoms with E-state index >= 15 is 0 Å². The first-order valence-corrected chi connectivity index (χ1v) is 7.05. The summed E-state index contributed by atoms with van der Waals surface area (Å²) in [5.41, 5.74) is 2.54. The van der Waals surface area contributed by atoms with Crippen molar-refractivity contribution in [1.82, 2.24) is 4.90 Å². The quantitative estimate of drug-likeness (QED) is 0.839. The first-order valence-electron chi connectivity index (χ1n) is 6.06. The minimum Gasteiger partial charge on any atom is -0.341 e. The van der Waals surface area contributed by atoms with Gasteiger partial charge in [-0.2, -0.15) is 5.26 Å². The Labute approximate surface area is 112 Å². The smallest absolute Gasteiger partial charge is 0.236 e. The third kappa shape index (κ3) is 3.05. The Balaban J connectivity index is 2.06. The van der Waals surface area contributed by atoms with Crippen LogP contribution in [0.15, 0.2) is 23.1 Å². The van der Waals surface area contributed by atoms with Gasteiger partial charge in [-0.15, -0.1) is 11.8 Å². The number of hydrogen-bond donors (Lipinski definition) is 0. The van der Waals surface area contributed by atoms with E-state index in [1.54, 1.807) is 11.9 Å². The molecule has 0 saturated carbocycles. The fourth-order valence-corrected chi connectivity index (χ4v) is 3.10. The van der Waals surface area contributed by atoms with E-state index in [0.717, 1.165) is 12.0 Å². The Hall–Kier alpha value is -1.47. The highest BCUT2D eigenvalue weighted by Crippen LogP contribution is 2.30. The molecule has 0 bridgehead atoms. The molecule has 3 nitrogen and oxygen atoms in total. The molecule has 0 aromatic heterocycles. The molecule has 1 aromatic carbocycles. The standard InChI is InChI=1S/C14H16N2OS/c1-16(14(17)6-7-15)10-11-4-5-13-12(9-11)3-2-8-18-13/h4-5,9H,2-3,6,8,10H2,1H3. The summed E-state index contributed by atoms with van der Waals surface area (Å²) < 4.78 is 0. The highest BCUT2D eigenvalue weighted by Gasteiger charge is 2.12. The van der Waals surface area contributed by atoms with Crippen molar-refractivity contribution in [2.24, 2.45) is 0 Å². The van der Waals surface area contributed by atoms with E-state index in [1.165, 1.54) is 22.6 Å². The summed E-state index contributed by atoms with van der Waals surface area (Å²) >= 11 is 1.91. The molecule has 0 saturated heterocycles. The summed E-state index contributed by atoms with van der Waals surface area (Å²) in [7, 11) is 1.74. The van der Waals surface area contributed by atoms with Gasteiger partial charge in [0.25, 0.3) is 0 Å². The van der Waals surface area contributed by atoms with Crippen molar-refractivity contribution >= 4 is 17.7 Å². The predicted molar refractivity (Wildman–Crippen MR) is 72.2 cm³/mol. The van der Waals surface area contributed by atoms with Gasteiger partial charge in [0.05, 0.1) is 6.07 Å². The van der Waals surface area contributed by atoms with E-state index in [1.807, 2.05) is 17.8 Å². The molecule has 1 aliphatic rings. The lowest BCUT2D eigenvalue weighted by Crippen LogP contribution is -2.25. The second kappa shape index (κ2) is 5.92. The Morgan fingerprint density at radius 1 is 1.56 bits per heavy atom. The van der Waals surface area contributed by atoms with Crippen molar-refractivity contribution in [1.29, 1.82) is 5.26 Å². The summed E-state index contributed by atoms with van der Waals surface area (Å²) in [6.07, 6.45) is 2.31. The Morgan fingerprint density at radius 2 is 2.39 bits per heavy atom. The van der Waals surface area contributed by atoms with Crippen LogP contribution in [0.2, 0.25) is 0 Å². The second-order valence-electron chi connectivity index (χ2n) is 4.48. The van der Waals surface area contributed by atoms with Crippen molar-refractivity contribution in [2.45, 2.75) is 30.7 Å². The summed E-state index contributed by atoms with van der Waals surface area (Å²) in [6, 6.07) is 8.31. The van der Waals surface area contributed by atoms with Crippen LogP contribution in [0.1, 0.15) is 24.0 Å². The molecule has 0 fully saturated rings. The second-order valence-corrected chi connectivity index (χ2v) is 5.62. The number of nitriles is 1. The lowest BCUT2D eigenvalue weighted by molar-refractivity contribution is -0.129. The minimum absolute atomic E-state index is 0.0444. The maximum absolute atomic E-state index is 11.5. The Morgan fingerprint density at radius 3 is 3.17 bits per heavy atom. The normalized spacial score (nSPS) is 13.6. The number of aryl methyl sites for hydroxylation is 1. The van der Waals surface area contributed by atoms with E-state index in [4.69, 9.17) is 5.26 Å². The molecule has 4 heteroatoms. The maximum Gasteiger partial charge on any atom is 0.236 e. The number of carbonyl (C=O) groups is 1. The van der Waals surface area contributed by atoms with Gasteiger partial charge in [-0.3, -0.25) is 4.79 Å². The van der Waals surface area contributed by atoms with Gasteiger partial charge in [-0.25, -0.2) is 0 Å². The number of rotatable bonds is 3. The first kappa shape index (κ1) is 13.0. The van der Waals surface area contributed by atoms with E-state index < -0.39 is 0 Å². The van der Waals surface area contributed by atoms with Gasteiger partial charge in [0.2, 0.25) is 5.91 Å². The summed E-state index contributed by atoms with van der Waals surface area (Å²) in [4.78, 5) is 14.5. The van der Waals surface area contributed by atoms with Gasteiger partial charge in [0.1, 0.15) is 6.42 Å². The predicted octanol–water partition coefficient (Wildman–Crippen LogP) is 2.60. The van der Waals surface area contributed by atoms with Crippen molar-refractivity contribution in [3.63, 3.8) is 0 Å². The maximum atomic E-state index is 11.5. The Kier molecular flexibility index (Phi) is 4.27. The number of benzene rings is 1. The molecule has 0 radical (unpaired) electrons. The first-order chi connectivity index (χ1) is 8.70. The lowest BCUT2D eigenvalue weighted by Gasteiger charge is -2.19. The van der Waals surface area contributed by atoms with Crippen LogP contribution in [-0.2, 0) is 17.8 Å². The zero-order valence-electron chi connectivity index (χ0n) is 10.5. The molecular formula is C14H16N2OS. The SMILES string of the molecule is CN(Cc1ccc2c(c1)CCCS2)C(=O)CC#N. The largest absolute Gasteiger partial charge is 0.341 e. The third-order valence-electron chi connectivity index (χ3n) is 3.05. The van der Waals surface area contributed by atoms with Crippen LogP contribution in [0.3, 0.4) is 0 Å². The van der Waals surface area contributed by atoms with Crippen molar-refractivity contribution in [3.05, 3.63) is 29.3 Å². The summed E-state index contributed by atoms with van der Waals surface area (Å²) in [5.74, 6) is 1.08. The van der Waals surface area contributed by atoms with E-state index in [0.29, 0.717) is 6.54 Å². The summed E-state index contributed by atoms with van der Waals surface area (Å²) in [6.45, 7) is 0.582. The van der Waals surface area contributed by atoms with E-state index in [2.05, 4.69) is 18.2 Å². The number of fused-ring (bicyclic) bond motifs is 1. The highest BCUT2D eigenvalue weighted by atomic mass is 32.2. The number of carbonyl (C=O) groups excluding carboxylic acids is 1. The van der Waals surface area contributed by atoms with Crippen molar-refractivity contribution < 1.29 is 4.79 Å². The van der Waals surface area contributed by atoms with Crippen LogP contribution >= 0.6 is 11.8 Å². The monoisotopic (exact) mass is 260 g/mol. The topological polar surface area (TPSA) is 44.1 Å². The molecule has 18 heavy (non-hydrogen) atoms. The third-order valence-corrected chi connectivity index (χ3v) is 4.25. The molecule has 1 aliphatic heterocycles. The van der Waals surface area contributed by atoms with Gasteiger partial charge in [-0.1, -0.05) is 12.1 Å². The highest BCUT2D eigenvalue weighted by molar-refractivity contribution is 7.99. The number of hydrogen-bond acceptors (Lipinski definition) is 3. The van der Waals surface area contributed by atoms with Crippen molar-refractivity contribution in [3.8, 4) is 6.07 Å². The molecular weight excluding hydrogens is 244 g/mol. The average Bonchev–Trinajstić information content (AvgIpc) is 2.39. The number of amides is 1.